The number of aromatic nitrogens is 6. The van der Waals surface area contributed by atoms with Gasteiger partial charge in [0, 0.05) is 36.1 Å². The zero-order valence-electron chi connectivity index (χ0n) is 29.5. The number of rotatable bonds is 6. The van der Waals surface area contributed by atoms with Crippen LogP contribution in [0.1, 0.15) is 56.6 Å². The van der Waals surface area contributed by atoms with E-state index in [1.54, 1.807) is 17.7 Å². The topological polar surface area (TPSA) is 75.9 Å². The molecule has 0 amide bonds. The van der Waals surface area contributed by atoms with Crippen LogP contribution in [0.5, 0.6) is 0 Å². The van der Waals surface area contributed by atoms with E-state index in [0.29, 0.717) is 6.04 Å². The molecular weight excluding hydrogens is 649 g/mol. The van der Waals surface area contributed by atoms with Crippen molar-refractivity contribution in [3.05, 3.63) is 96.4 Å². The van der Waals surface area contributed by atoms with E-state index in [1.807, 2.05) is 10.9 Å². The van der Waals surface area contributed by atoms with E-state index in [-0.39, 0.29) is 0 Å². The van der Waals surface area contributed by atoms with Crippen LogP contribution in [-0.2, 0) is 0 Å². The average molecular weight is 691 g/mol. The molecular formula is C42H42N8S. The maximum absolute atomic E-state index is 5.30. The third kappa shape index (κ3) is 5.83. The van der Waals surface area contributed by atoms with Gasteiger partial charge in [-0.2, -0.15) is 5.10 Å². The van der Waals surface area contributed by atoms with Crippen molar-refractivity contribution in [2.75, 3.05) is 29.4 Å². The molecule has 3 aromatic carbocycles. The fraction of sp³-hybridized carbons (Fsp3) is 0.310. The second-order valence-electron chi connectivity index (χ2n) is 14.2. The van der Waals surface area contributed by atoms with Gasteiger partial charge in [-0.1, -0.05) is 60.7 Å². The summed E-state index contributed by atoms with van der Waals surface area (Å²) in [4.78, 5) is 27.0. The summed E-state index contributed by atoms with van der Waals surface area (Å²) in [6, 6.07) is 26.6. The summed E-state index contributed by atoms with van der Waals surface area (Å²) in [6.07, 6.45) is 10.9. The van der Waals surface area contributed by atoms with Gasteiger partial charge in [-0.15, -0.1) is 11.3 Å². The highest BCUT2D eigenvalue weighted by Gasteiger charge is 2.25. The second-order valence-corrected chi connectivity index (χ2v) is 15.2. The molecule has 2 saturated heterocycles. The van der Waals surface area contributed by atoms with Gasteiger partial charge < -0.3 is 9.80 Å². The Balaban J connectivity index is 1.08. The predicted molar refractivity (Wildman–Crippen MR) is 210 cm³/mol. The highest BCUT2D eigenvalue weighted by molar-refractivity contribution is 7.22. The molecule has 256 valence electrons. The van der Waals surface area contributed by atoms with Crippen LogP contribution in [0.25, 0.3) is 59.9 Å². The summed E-state index contributed by atoms with van der Waals surface area (Å²) < 4.78 is 1.98. The lowest BCUT2D eigenvalue weighted by atomic mass is 9.96. The number of benzene rings is 3. The molecule has 0 N–H and O–H groups in total. The Labute approximate surface area is 302 Å². The fourth-order valence-electron chi connectivity index (χ4n) is 7.96. The highest BCUT2D eigenvalue weighted by atomic mass is 32.1. The first kappa shape index (κ1) is 31.8. The first-order valence-corrected chi connectivity index (χ1v) is 19.1. The molecule has 6 heterocycles. The van der Waals surface area contributed by atoms with Crippen molar-refractivity contribution in [3.63, 3.8) is 0 Å². The molecule has 4 aromatic heterocycles. The van der Waals surface area contributed by atoms with Gasteiger partial charge in [0.15, 0.2) is 11.5 Å². The lowest BCUT2D eigenvalue weighted by Gasteiger charge is -2.34. The second kappa shape index (κ2) is 13.2. The minimum atomic E-state index is 0.445. The number of hydrogen-bond donors (Lipinski definition) is 0. The van der Waals surface area contributed by atoms with E-state index in [9.17, 15) is 0 Å². The van der Waals surface area contributed by atoms with E-state index >= 15 is 0 Å². The van der Waals surface area contributed by atoms with Gasteiger partial charge >= 0.3 is 0 Å². The van der Waals surface area contributed by atoms with Crippen LogP contribution in [0.15, 0.2) is 85.3 Å². The van der Waals surface area contributed by atoms with E-state index in [0.717, 1.165) is 80.7 Å². The molecule has 2 fully saturated rings. The molecule has 2 aliphatic rings. The SMILES string of the molecule is Cc1cc(C)c(-n2ncc3c(N4CCCCC4)ncnc32)cc1-c1ccc(-c2nc(N3CCCCC3C)c3cc(-c4ccccc4)sc3n2)cc1. The van der Waals surface area contributed by atoms with E-state index in [1.165, 1.54) is 60.1 Å². The van der Waals surface area contributed by atoms with Crippen molar-refractivity contribution in [2.45, 2.75) is 65.3 Å². The van der Waals surface area contributed by atoms with E-state index in [2.05, 4.69) is 108 Å². The molecule has 0 radical (unpaired) electrons. The lowest BCUT2D eigenvalue weighted by Crippen LogP contribution is -2.38. The maximum atomic E-state index is 5.30. The zero-order valence-corrected chi connectivity index (χ0v) is 30.3. The normalized spacial score (nSPS) is 16.7. The smallest absolute Gasteiger partial charge is 0.168 e. The van der Waals surface area contributed by atoms with Gasteiger partial charge in [-0.05, 0) is 99.2 Å². The van der Waals surface area contributed by atoms with Gasteiger partial charge in [0.1, 0.15) is 22.8 Å². The molecule has 9 heteroatoms. The Morgan fingerprint density at radius 3 is 2.29 bits per heavy atom. The van der Waals surface area contributed by atoms with Crippen molar-refractivity contribution in [3.8, 4) is 38.6 Å². The Bertz CT molecular complexity index is 2360. The molecule has 7 aromatic rings. The molecule has 0 saturated carbocycles. The monoisotopic (exact) mass is 690 g/mol. The van der Waals surface area contributed by atoms with E-state index < -0.39 is 0 Å². The third-order valence-corrected chi connectivity index (χ3v) is 11.8. The zero-order chi connectivity index (χ0) is 34.5. The first-order chi connectivity index (χ1) is 25.0. The lowest BCUT2D eigenvalue weighted by molar-refractivity contribution is 0.482. The van der Waals surface area contributed by atoms with Crippen LogP contribution in [0.3, 0.4) is 0 Å². The van der Waals surface area contributed by atoms with Crippen molar-refractivity contribution < 1.29 is 0 Å². The summed E-state index contributed by atoms with van der Waals surface area (Å²) in [5.41, 5.74) is 8.79. The van der Waals surface area contributed by atoms with Crippen LogP contribution < -0.4 is 9.80 Å². The van der Waals surface area contributed by atoms with Gasteiger partial charge in [-0.25, -0.2) is 24.6 Å². The average Bonchev–Trinajstić information content (AvgIpc) is 3.81. The minimum absolute atomic E-state index is 0.445. The van der Waals surface area contributed by atoms with Crippen molar-refractivity contribution >= 4 is 44.2 Å². The number of thiophene rings is 1. The largest absolute Gasteiger partial charge is 0.356 e. The Morgan fingerprint density at radius 1 is 0.706 bits per heavy atom. The Kier molecular flexibility index (Phi) is 8.23. The number of piperidine rings is 2. The number of fused-ring (bicyclic) bond motifs is 2. The van der Waals surface area contributed by atoms with Gasteiger partial charge in [0.2, 0.25) is 0 Å². The summed E-state index contributed by atoms with van der Waals surface area (Å²) in [7, 11) is 0. The Hall–Kier alpha value is -5.15. The number of hydrogen-bond acceptors (Lipinski definition) is 8. The molecule has 0 spiro atoms. The quantitative estimate of drug-likeness (QED) is 0.172. The summed E-state index contributed by atoms with van der Waals surface area (Å²) in [5.74, 6) is 2.82. The molecule has 1 unspecified atom stereocenters. The van der Waals surface area contributed by atoms with Gasteiger partial charge in [0.25, 0.3) is 0 Å². The van der Waals surface area contributed by atoms with Crippen molar-refractivity contribution in [1.82, 2.24) is 29.7 Å². The maximum Gasteiger partial charge on any atom is 0.168 e. The third-order valence-electron chi connectivity index (χ3n) is 10.7. The molecule has 8 nitrogen and oxygen atoms in total. The first-order valence-electron chi connectivity index (χ1n) is 18.3. The Morgan fingerprint density at radius 2 is 1.49 bits per heavy atom. The summed E-state index contributed by atoms with van der Waals surface area (Å²) in [6.45, 7) is 9.74. The number of nitrogens with zero attached hydrogens (tertiary/aromatic N) is 8. The van der Waals surface area contributed by atoms with Crippen LogP contribution in [0, 0.1) is 13.8 Å². The van der Waals surface area contributed by atoms with Crippen LogP contribution in [0.4, 0.5) is 11.6 Å². The van der Waals surface area contributed by atoms with Gasteiger partial charge in [-0.3, -0.25) is 0 Å². The van der Waals surface area contributed by atoms with Crippen LogP contribution in [0.2, 0.25) is 0 Å². The molecule has 2 aliphatic heterocycles. The molecule has 0 bridgehead atoms. The number of anilines is 2. The summed E-state index contributed by atoms with van der Waals surface area (Å²) in [5, 5.41) is 7.02. The summed E-state index contributed by atoms with van der Waals surface area (Å²) >= 11 is 1.75. The fourth-order valence-corrected chi connectivity index (χ4v) is 8.99. The molecule has 0 aliphatic carbocycles. The molecule has 9 rings (SSSR count). The van der Waals surface area contributed by atoms with Gasteiger partial charge in [0.05, 0.1) is 22.7 Å². The standard InChI is InChI=1S/C42H42N8S/c1-27-22-28(2)36(50-40-35(25-45-50)39(43-26-44-40)48-19-9-5-10-20-48)23-33(27)30-15-17-32(18-16-30)38-46-41(49-21-11-8-12-29(49)3)34-24-37(51-42(34)47-38)31-13-6-4-7-14-31/h4,6-7,13-18,22-26,29H,5,8-12,19-21H2,1-3H3. The van der Waals surface area contributed by atoms with Crippen LogP contribution >= 0.6 is 11.3 Å². The van der Waals surface area contributed by atoms with Crippen molar-refractivity contribution in [2.24, 2.45) is 0 Å². The van der Waals surface area contributed by atoms with Crippen molar-refractivity contribution in [1.29, 1.82) is 0 Å². The molecule has 1 atom stereocenters. The minimum Gasteiger partial charge on any atom is -0.356 e. The highest BCUT2D eigenvalue weighted by Crippen LogP contribution is 2.40. The van der Waals surface area contributed by atoms with Crippen LogP contribution in [-0.4, -0.2) is 55.4 Å². The molecule has 51 heavy (non-hydrogen) atoms. The number of aryl methyl sites for hydroxylation is 2. The predicted octanol–water partition coefficient (Wildman–Crippen LogP) is 9.81. The van der Waals surface area contributed by atoms with E-state index in [4.69, 9.17) is 20.1 Å².